The molecule has 4 heteroatoms. The van der Waals surface area contributed by atoms with E-state index < -0.39 is 0 Å². The van der Waals surface area contributed by atoms with Crippen molar-refractivity contribution >= 4 is 0 Å². The Morgan fingerprint density at radius 1 is 1.05 bits per heavy atom. The van der Waals surface area contributed by atoms with Crippen LogP contribution in [0.5, 0.6) is 0 Å². The Hall–Kier alpha value is -1.81. The number of nitrogens with zero attached hydrogens (tertiary/aromatic N) is 2. The summed E-state index contributed by atoms with van der Waals surface area (Å²) in [5, 5.41) is 3.13. The van der Waals surface area contributed by atoms with Gasteiger partial charge in [-0.05, 0) is 63.7 Å². The molecule has 0 aliphatic rings. The molecular weight excluding hydrogens is 241 g/mol. The summed E-state index contributed by atoms with van der Waals surface area (Å²) in [7, 11) is 1.93. The van der Waals surface area contributed by atoms with Crippen LogP contribution in [-0.4, -0.2) is 23.6 Å². The molecule has 1 N–H and O–H groups in total. The van der Waals surface area contributed by atoms with Crippen molar-refractivity contribution in [1.29, 1.82) is 0 Å². The molecule has 1 heterocycles. The summed E-state index contributed by atoms with van der Waals surface area (Å²) in [6.45, 7) is 4.89. The minimum Gasteiger partial charge on any atom is -0.319 e. The van der Waals surface area contributed by atoms with Gasteiger partial charge in [0.2, 0.25) is 0 Å². The molecule has 0 amide bonds. The van der Waals surface area contributed by atoms with Crippen LogP contribution in [0.3, 0.4) is 0 Å². The third-order valence-electron chi connectivity index (χ3n) is 3.15. The van der Waals surface area contributed by atoms with E-state index in [0.29, 0.717) is 5.82 Å². The lowest BCUT2D eigenvalue weighted by atomic mass is 10.1. The van der Waals surface area contributed by atoms with E-state index in [-0.39, 0.29) is 5.82 Å². The number of benzene rings is 1. The zero-order chi connectivity index (χ0) is 13.8. The Kier molecular flexibility index (Phi) is 4.22. The van der Waals surface area contributed by atoms with Crippen LogP contribution < -0.4 is 5.32 Å². The fourth-order valence-electron chi connectivity index (χ4n) is 2.08. The minimum absolute atomic E-state index is 0.247. The van der Waals surface area contributed by atoms with Crippen molar-refractivity contribution in [1.82, 2.24) is 15.3 Å². The van der Waals surface area contributed by atoms with E-state index in [2.05, 4.69) is 15.3 Å². The standard InChI is InChI=1S/C15H18FN3/c1-10-14(8-9-17-3)11(2)19-15(18-10)12-4-6-13(16)7-5-12/h4-7,17H,8-9H2,1-3H3. The van der Waals surface area contributed by atoms with Gasteiger partial charge in [0.25, 0.3) is 0 Å². The number of hydrogen-bond donors (Lipinski definition) is 1. The van der Waals surface area contributed by atoms with Crippen molar-refractivity contribution in [2.75, 3.05) is 13.6 Å². The van der Waals surface area contributed by atoms with Crippen LogP contribution in [0.4, 0.5) is 4.39 Å². The Morgan fingerprint density at radius 2 is 1.63 bits per heavy atom. The first kappa shape index (κ1) is 13.6. The zero-order valence-corrected chi connectivity index (χ0v) is 11.5. The smallest absolute Gasteiger partial charge is 0.159 e. The van der Waals surface area contributed by atoms with Crippen molar-refractivity contribution in [2.24, 2.45) is 0 Å². The molecule has 100 valence electrons. The average molecular weight is 259 g/mol. The molecule has 0 bridgehead atoms. The molecule has 1 aromatic carbocycles. The highest BCUT2D eigenvalue weighted by atomic mass is 19.1. The highest BCUT2D eigenvalue weighted by molar-refractivity contribution is 5.55. The molecule has 0 saturated heterocycles. The maximum Gasteiger partial charge on any atom is 0.159 e. The van der Waals surface area contributed by atoms with Crippen molar-refractivity contribution in [3.63, 3.8) is 0 Å². The van der Waals surface area contributed by atoms with E-state index >= 15 is 0 Å². The van der Waals surface area contributed by atoms with Gasteiger partial charge in [0.05, 0.1) is 0 Å². The van der Waals surface area contributed by atoms with Crippen molar-refractivity contribution in [3.8, 4) is 11.4 Å². The first-order valence-electron chi connectivity index (χ1n) is 6.36. The van der Waals surface area contributed by atoms with Gasteiger partial charge in [-0.3, -0.25) is 0 Å². The molecular formula is C15H18FN3. The molecule has 0 aliphatic heterocycles. The minimum atomic E-state index is -0.247. The highest BCUT2D eigenvalue weighted by Gasteiger charge is 2.09. The van der Waals surface area contributed by atoms with Crippen molar-refractivity contribution < 1.29 is 4.39 Å². The number of likely N-dealkylation sites (N-methyl/N-ethyl adjacent to an activating group) is 1. The largest absolute Gasteiger partial charge is 0.319 e. The number of nitrogens with one attached hydrogen (secondary N) is 1. The number of halogens is 1. The third-order valence-corrected chi connectivity index (χ3v) is 3.15. The molecule has 0 saturated carbocycles. The van der Waals surface area contributed by atoms with Gasteiger partial charge < -0.3 is 5.32 Å². The van der Waals surface area contributed by atoms with Crippen LogP contribution in [-0.2, 0) is 6.42 Å². The van der Waals surface area contributed by atoms with Crippen LogP contribution in [0, 0.1) is 19.7 Å². The fourth-order valence-corrected chi connectivity index (χ4v) is 2.08. The molecule has 0 aliphatic carbocycles. The molecule has 0 spiro atoms. The lowest BCUT2D eigenvalue weighted by molar-refractivity contribution is 0.628. The Labute approximate surface area is 112 Å². The Morgan fingerprint density at radius 3 is 2.16 bits per heavy atom. The first-order chi connectivity index (χ1) is 9.11. The summed E-state index contributed by atoms with van der Waals surface area (Å²) in [6, 6.07) is 6.27. The van der Waals surface area contributed by atoms with E-state index in [1.165, 1.54) is 17.7 Å². The molecule has 3 nitrogen and oxygen atoms in total. The van der Waals surface area contributed by atoms with Crippen molar-refractivity contribution in [2.45, 2.75) is 20.3 Å². The highest BCUT2D eigenvalue weighted by Crippen LogP contribution is 2.19. The quantitative estimate of drug-likeness (QED) is 0.917. The lowest BCUT2D eigenvalue weighted by Gasteiger charge is -2.10. The summed E-state index contributed by atoms with van der Waals surface area (Å²) in [5.74, 6) is 0.408. The van der Waals surface area contributed by atoms with Crippen LogP contribution >= 0.6 is 0 Å². The van der Waals surface area contributed by atoms with Gasteiger partial charge in [-0.2, -0.15) is 0 Å². The normalized spacial score (nSPS) is 10.7. The maximum atomic E-state index is 12.9. The molecule has 0 radical (unpaired) electrons. The molecule has 0 unspecified atom stereocenters. The summed E-state index contributed by atoms with van der Waals surface area (Å²) in [4.78, 5) is 9.05. The molecule has 19 heavy (non-hydrogen) atoms. The van der Waals surface area contributed by atoms with Gasteiger partial charge in [-0.1, -0.05) is 0 Å². The van der Waals surface area contributed by atoms with E-state index in [9.17, 15) is 4.39 Å². The van der Waals surface area contributed by atoms with Crippen LogP contribution in [0.1, 0.15) is 17.0 Å². The van der Waals surface area contributed by atoms with Gasteiger partial charge in [-0.15, -0.1) is 0 Å². The molecule has 2 aromatic rings. The van der Waals surface area contributed by atoms with Gasteiger partial charge in [0.1, 0.15) is 5.82 Å². The summed E-state index contributed by atoms with van der Waals surface area (Å²) in [6.07, 6.45) is 0.915. The van der Waals surface area contributed by atoms with Gasteiger partial charge in [0, 0.05) is 17.0 Å². The average Bonchev–Trinajstić information content (AvgIpc) is 2.38. The topological polar surface area (TPSA) is 37.8 Å². The number of hydrogen-bond acceptors (Lipinski definition) is 3. The third kappa shape index (κ3) is 3.15. The van der Waals surface area contributed by atoms with Crippen LogP contribution in [0.25, 0.3) is 11.4 Å². The molecule has 0 fully saturated rings. The van der Waals surface area contributed by atoms with E-state index in [1.807, 2.05) is 20.9 Å². The SMILES string of the molecule is CNCCc1c(C)nc(-c2ccc(F)cc2)nc1C. The lowest BCUT2D eigenvalue weighted by Crippen LogP contribution is -2.13. The zero-order valence-electron chi connectivity index (χ0n) is 11.5. The monoisotopic (exact) mass is 259 g/mol. The molecule has 0 atom stereocenters. The summed E-state index contributed by atoms with van der Waals surface area (Å²) >= 11 is 0. The van der Waals surface area contributed by atoms with E-state index in [0.717, 1.165) is 29.9 Å². The second-order valence-corrected chi connectivity index (χ2v) is 4.56. The van der Waals surface area contributed by atoms with Gasteiger partial charge in [-0.25, -0.2) is 14.4 Å². The number of rotatable bonds is 4. The Bertz CT molecular complexity index is 541. The van der Waals surface area contributed by atoms with Crippen LogP contribution in [0.2, 0.25) is 0 Å². The van der Waals surface area contributed by atoms with Crippen LogP contribution in [0.15, 0.2) is 24.3 Å². The van der Waals surface area contributed by atoms with Gasteiger partial charge in [0.15, 0.2) is 5.82 Å². The van der Waals surface area contributed by atoms with Crippen molar-refractivity contribution in [3.05, 3.63) is 47.0 Å². The Balaban J connectivity index is 2.36. The summed E-state index contributed by atoms with van der Waals surface area (Å²) in [5.41, 5.74) is 4.00. The number of aromatic nitrogens is 2. The number of aryl methyl sites for hydroxylation is 2. The van der Waals surface area contributed by atoms with E-state index in [1.54, 1.807) is 12.1 Å². The molecule has 2 rings (SSSR count). The maximum absolute atomic E-state index is 12.9. The predicted octanol–water partition coefficient (Wildman–Crippen LogP) is 2.66. The second kappa shape index (κ2) is 5.89. The second-order valence-electron chi connectivity index (χ2n) is 4.56. The predicted molar refractivity (Wildman–Crippen MR) is 74.5 cm³/mol. The summed E-state index contributed by atoms with van der Waals surface area (Å²) < 4.78 is 12.9. The molecule has 1 aromatic heterocycles. The first-order valence-corrected chi connectivity index (χ1v) is 6.36. The van der Waals surface area contributed by atoms with Gasteiger partial charge >= 0.3 is 0 Å². The van der Waals surface area contributed by atoms with E-state index in [4.69, 9.17) is 0 Å². The fraction of sp³-hybridized carbons (Fsp3) is 0.333.